The average Bonchev–Trinajstić information content (AvgIpc) is 3.27. The number of carbonyl (C=O) groups excluding carboxylic acids is 3. The van der Waals surface area contributed by atoms with Gasteiger partial charge in [-0.3, -0.25) is 34.4 Å². The summed E-state index contributed by atoms with van der Waals surface area (Å²) in [5.74, 6) is -0.436. The largest absolute Gasteiger partial charge is 0.489 e. The molecule has 4 fully saturated rings. The Morgan fingerprint density at radius 2 is 1.59 bits per heavy atom. The highest BCUT2D eigenvalue weighted by Crippen LogP contribution is 2.56. The van der Waals surface area contributed by atoms with Crippen LogP contribution in [0.3, 0.4) is 0 Å². The number of aliphatic imine (C=N–C) groups is 1. The molecule has 14 nitrogen and oxygen atoms in total. The number of rotatable bonds is 10. The summed E-state index contributed by atoms with van der Waals surface area (Å²) >= 11 is 0. The number of carbonyl (C=O) groups is 3. The van der Waals surface area contributed by atoms with Crippen molar-refractivity contribution < 1.29 is 32.3 Å². The molecule has 4 aliphatic rings. The fourth-order valence-corrected chi connectivity index (χ4v) is 10.2. The van der Waals surface area contributed by atoms with Crippen LogP contribution in [-0.4, -0.2) is 103 Å². The van der Waals surface area contributed by atoms with Gasteiger partial charge in [-0.2, -0.15) is 28.2 Å². The lowest BCUT2D eigenvalue weighted by Gasteiger charge is -2.63. The van der Waals surface area contributed by atoms with Crippen molar-refractivity contribution >= 4 is 46.2 Å². The molecule has 1 saturated carbocycles. The van der Waals surface area contributed by atoms with Gasteiger partial charge in [0.2, 0.25) is 5.91 Å². The van der Waals surface area contributed by atoms with E-state index in [-0.39, 0.29) is 42.0 Å². The van der Waals surface area contributed by atoms with Crippen molar-refractivity contribution in [2.45, 2.75) is 77.7 Å². The Labute approximate surface area is 369 Å². The van der Waals surface area contributed by atoms with Crippen LogP contribution in [0.1, 0.15) is 74.9 Å². The second-order valence-corrected chi connectivity index (χ2v) is 18.5. The lowest BCUT2D eigenvalue weighted by Crippen LogP contribution is -2.74. The lowest BCUT2D eigenvalue weighted by molar-refractivity contribution is -0.164. The van der Waals surface area contributed by atoms with E-state index < -0.39 is 46.2 Å². The lowest BCUT2D eigenvalue weighted by atomic mass is 9.49. The summed E-state index contributed by atoms with van der Waals surface area (Å²) in [5.41, 5.74) is -0.431. The number of piperazine rings is 1. The fourth-order valence-electron chi connectivity index (χ4n) is 10.2. The molecule has 0 spiro atoms. The van der Waals surface area contributed by atoms with Crippen LogP contribution in [0.4, 0.5) is 24.5 Å². The molecular weight excluding hydrogens is 828 g/mol. The van der Waals surface area contributed by atoms with Crippen molar-refractivity contribution in [3.05, 3.63) is 93.9 Å². The molecule has 17 heteroatoms. The van der Waals surface area contributed by atoms with E-state index in [2.05, 4.69) is 35.4 Å². The summed E-state index contributed by atoms with van der Waals surface area (Å²) in [6, 6.07) is 17.3. The third kappa shape index (κ3) is 8.93. The minimum atomic E-state index is -4.69. The Morgan fingerprint density at radius 1 is 0.922 bits per heavy atom. The molecule has 1 aromatic heterocycles. The normalized spacial score (nSPS) is 22.8. The van der Waals surface area contributed by atoms with Crippen LogP contribution < -0.4 is 30.7 Å². The molecule has 3 aromatic carbocycles. The van der Waals surface area contributed by atoms with Gasteiger partial charge in [-0.25, -0.2) is 0 Å². The molecule has 4 aromatic rings. The standard InChI is InChI=1S/C47H52F3N9O5/c1-45(2)43(46(3,4)44(45)64-35-11-7-31(25-51)37(24-35)47(48,49)50)55-40(61)30-5-8-33(9-6-30)57-17-15-29(16-18-57)27-56-19-21-58(22-20-56)34-10-12-36-32(23-34)26-53-59(42(36)63)28-52-38-13-14-39(60)54-41(38)62/h5-12,23-24,26,28-29,38,43-44H,13-22,27H2,1-4H3,(H,55,61)(H,54,60,62)/b52-28+/t38-,43-,44-/m0/s1. The van der Waals surface area contributed by atoms with Crippen LogP contribution in [0, 0.1) is 28.1 Å². The molecule has 8 rings (SSSR count). The van der Waals surface area contributed by atoms with Gasteiger partial charge in [-0.1, -0.05) is 27.7 Å². The zero-order valence-electron chi connectivity index (χ0n) is 36.3. The van der Waals surface area contributed by atoms with Crippen LogP contribution >= 0.6 is 0 Å². The fraction of sp³-hybridized carbons (Fsp3) is 0.468. The number of hydrogen-bond donors (Lipinski definition) is 2. The number of fused-ring (bicyclic) bond motifs is 1. The summed E-state index contributed by atoms with van der Waals surface area (Å²) in [6.07, 6.45) is 0.291. The zero-order valence-corrected chi connectivity index (χ0v) is 36.3. The summed E-state index contributed by atoms with van der Waals surface area (Å²) in [7, 11) is 0. The second-order valence-electron chi connectivity index (χ2n) is 18.5. The summed E-state index contributed by atoms with van der Waals surface area (Å²) in [6.45, 7) is 14.2. The Hall–Kier alpha value is -6.28. The molecular formula is C47H52F3N9O5. The van der Waals surface area contributed by atoms with Crippen molar-refractivity contribution in [3.63, 3.8) is 0 Å². The maximum absolute atomic E-state index is 13.6. The van der Waals surface area contributed by atoms with Crippen molar-refractivity contribution in [2.24, 2.45) is 21.7 Å². The van der Waals surface area contributed by atoms with E-state index in [1.54, 1.807) is 18.3 Å². The Bertz CT molecular complexity index is 2550. The first-order valence-corrected chi connectivity index (χ1v) is 21.7. The third-order valence-corrected chi connectivity index (χ3v) is 13.5. The highest BCUT2D eigenvalue weighted by Gasteiger charge is 2.64. The Morgan fingerprint density at radius 3 is 2.25 bits per heavy atom. The number of piperidine rings is 2. The number of aromatic nitrogens is 2. The first kappa shape index (κ1) is 44.3. The average molecular weight is 880 g/mol. The van der Waals surface area contributed by atoms with Crippen molar-refractivity contribution in [3.8, 4) is 11.8 Å². The molecule has 1 atom stereocenters. The van der Waals surface area contributed by atoms with E-state index in [0.29, 0.717) is 16.9 Å². The van der Waals surface area contributed by atoms with Gasteiger partial charge < -0.3 is 19.9 Å². The van der Waals surface area contributed by atoms with E-state index in [9.17, 15) is 37.6 Å². The maximum Gasteiger partial charge on any atom is 0.417 e. The number of amides is 3. The molecule has 2 N–H and O–H groups in total. The van der Waals surface area contributed by atoms with E-state index >= 15 is 0 Å². The van der Waals surface area contributed by atoms with Crippen molar-refractivity contribution in [2.75, 3.05) is 55.6 Å². The third-order valence-electron chi connectivity index (χ3n) is 13.5. The SMILES string of the molecule is CC1(C)[C@H](NC(=O)c2ccc(N3CCC(CN4CCN(c5ccc6c(=O)n(/C=N/[C@H]7CCC(=O)NC7=O)ncc6c5)CC4)CC3)cc2)C(C)(C)[C@H]1Oc1ccc(C#N)c(C(F)(F)F)c1. The molecule has 3 aliphatic heterocycles. The number of nitrogens with one attached hydrogen (secondary N) is 2. The molecule has 3 amide bonds. The smallest absolute Gasteiger partial charge is 0.417 e. The predicted octanol–water partition coefficient (Wildman–Crippen LogP) is 5.62. The van der Waals surface area contributed by atoms with Gasteiger partial charge in [-0.15, -0.1) is 0 Å². The highest BCUT2D eigenvalue weighted by molar-refractivity contribution is 6.00. The van der Waals surface area contributed by atoms with Gasteiger partial charge >= 0.3 is 6.18 Å². The van der Waals surface area contributed by atoms with Crippen molar-refractivity contribution in [1.29, 1.82) is 5.26 Å². The Kier molecular flexibility index (Phi) is 12.0. The van der Waals surface area contributed by atoms with E-state index in [1.165, 1.54) is 12.4 Å². The van der Waals surface area contributed by atoms with Crippen LogP contribution in [-0.2, 0) is 15.8 Å². The number of benzene rings is 3. The monoisotopic (exact) mass is 879 g/mol. The maximum atomic E-state index is 13.6. The molecule has 3 saturated heterocycles. The molecule has 0 unspecified atom stereocenters. The number of anilines is 2. The van der Waals surface area contributed by atoms with Crippen LogP contribution in [0.5, 0.6) is 5.75 Å². The highest BCUT2D eigenvalue weighted by atomic mass is 19.4. The van der Waals surface area contributed by atoms with Gasteiger partial charge in [0.05, 0.1) is 28.8 Å². The second kappa shape index (κ2) is 17.4. The van der Waals surface area contributed by atoms with Gasteiger partial charge in [-0.05, 0) is 85.8 Å². The molecule has 0 bridgehead atoms. The number of halogens is 3. The van der Waals surface area contributed by atoms with Crippen LogP contribution in [0.2, 0.25) is 0 Å². The number of nitriles is 1. The summed E-state index contributed by atoms with van der Waals surface area (Å²) < 4.78 is 48.1. The molecule has 4 heterocycles. The van der Waals surface area contributed by atoms with E-state index in [0.717, 1.165) is 92.2 Å². The van der Waals surface area contributed by atoms with Gasteiger partial charge in [0, 0.05) is 91.4 Å². The minimum Gasteiger partial charge on any atom is -0.489 e. The molecule has 1 aliphatic carbocycles. The van der Waals surface area contributed by atoms with E-state index in [4.69, 9.17) is 4.74 Å². The summed E-state index contributed by atoms with van der Waals surface area (Å²) in [4.78, 5) is 61.5. The van der Waals surface area contributed by atoms with Gasteiger partial charge in [0.1, 0.15) is 24.2 Å². The predicted molar refractivity (Wildman–Crippen MR) is 235 cm³/mol. The number of alkyl halides is 3. The topological polar surface area (TPSA) is 165 Å². The molecule has 0 radical (unpaired) electrons. The van der Waals surface area contributed by atoms with E-state index in [1.807, 2.05) is 64.1 Å². The Balaban J connectivity index is 0.788. The molecule has 64 heavy (non-hydrogen) atoms. The van der Waals surface area contributed by atoms with Gasteiger partial charge in [0.15, 0.2) is 0 Å². The first-order chi connectivity index (χ1) is 30.4. The summed E-state index contributed by atoms with van der Waals surface area (Å²) in [5, 5.41) is 20.1. The van der Waals surface area contributed by atoms with Gasteiger partial charge in [0.25, 0.3) is 17.4 Å². The van der Waals surface area contributed by atoms with Crippen LogP contribution in [0.15, 0.2) is 76.6 Å². The number of hydrogen-bond acceptors (Lipinski definition) is 11. The number of nitrogens with zero attached hydrogens (tertiary/aromatic N) is 7. The van der Waals surface area contributed by atoms with Crippen molar-refractivity contribution in [1.82, 2.24) is 25.3 Å². The quantitative estimate of drug-likeness (QED) is 0.116. The number of imide groups is 1. The molecule has 336 valence electrons. The first-order valence-electron chi connectivity index (χ1n) is 21.7. The minimum absolute atomic E-state index is 0.0223. The number of ether oxygens (including phenoxy) is 1. The van der Waals surface area contributed by atoms with Crippen LogP contribution in [0.25, 0.3) is 10.8 Å². The zero-order chi connectivity index (χ0) is 45.6.